The van der Waals surface area contributed by atoms with Crippen LogP contribution in [-0.4, -0.2) is 11.5 Å². The fourth-order valence-corrected chi connectivity index (χ4v) is 3.44. The van der Waals surface area contributed by atoms with Crippen molar-refractivity contribution >= 4 is 11.8 Å². The van der Waals surface area contributed by atoms with Crippen molar-refractivity contribution in [2.75, 3.05) is 11.5 Å². The smallest absolute Gasteiger partial charge is 0.200 e. The van der Waals surface area contributed by atoms with E-state index in [1.54, 1.807) is 0 Å². The van der Waals surface area contributed by atoms with Gasteiger partial charge in [-0.3, -0.25) is 0 Å². The Morgan fingerprint density at radius 1 is 0.379 bits per heavy atom. The van der Waals surface area contributed by atoms with Gasteiger partial charge >= 0.3 is 0 Å². The van der Waals surface area contributed by atoms with E-state index in [9.17, 15) is 43.9 Å². The Bertz CT molecular complexity index is 781. The zero-order valence-corrected chi connectivity index (χ0v) is 15.2. The van der Waals surface area contributed by atoms with Gasteiger partial charge in [-0.25, -0.2) is 43.9 Å². The van der Waals surface area contributed by atoms with Gasteiger partial charge in [0.05, 0.1) is 0 Å². The third-order valence-corrected chi connectivity index (χ3v) is 5.19. The van der Waals surface area contributed by atoms with Crippen LogP contribution in [0, 0.1) is 58.2 Å². The molecule has 29 heavy (non-hydrogen) atoms. The van der Waals surface area contributed by atoms with E-state index in [4.69, 9.17) is 0 Å². The van der Waals surface area contributed by atoms with Crippen LogP contribution >= 0.6 is 11.8 Å². The van der Waals surface area contributed by atoms with Crippen LogP contribution in [0.15, 0.2) is 0 Å². The second-order valence-electron chi connectivity index (χ2n) is 5.92. The quantitative estimate of drug-likeness (QED) is 0.195. The summed E-state index contributed by atoms with van der Waals surface area (Å²) in [4.78, 5) is 0. The van der Waals surface area contributed by atoms with E-state index in [1.807, 2.05) is 0 Å². The molecule has 0 atom stereocenters. The first kappa shape index (κ1) is 23.4. The summed E-state index contributed by atoms with van der Waals surface area (Å²) >= 11 is 1.13. The zero-order valence-electron chi connectivity index (χ0n) is 14.4. The van der Waals surface area contributed by atoms with Gasteiger partial charge in [0.1, 0.15) is 0 Å². The highest BCUT2D eigenvalue weighted by Gasteiger charge is 2.26. The lowest BCUT2D eigenvalue weighted by Crippen LogP contribution is -2.08. The van der Waals surface area contributed by atoms with Crippen molar-refractivity contribution in [2.45, 2.75) is 25.7 Å². The van der Waals surface area contributed by atoms with Crippen molar-refractivity contribution in [2.24, 2.45) is 0 Å². The van der Waals surface area contributed by atoms with Gasteiger partial charge in [-0.1, -0.05) is 0 Å². The second kappa shape index (κ2) is 9.73. The van der Waals surface area contributed by atoms with Crippen molar-refractivity contribution in [3.8, 4) is 0 Å². The molecule has 2 aromatic rings. The number of hydrogen-bond acceptors (Lipinski definition) is 1. The SMILES string of the molecule is Fc1c(F)c(F)c(CCCSCCCc2c(F)c(F)c(F)c(F)c2F)c(F)c1F. The monoisotopic (exact) mass is 450 g/mol. The predicted molar refractivity (Wildman–Crippen MR) is 86.4 cm³/mol. The van der Waals surface area contributed by atoms with E-state index in [2.05, 4.69) is 0 Å². The number of halogens is 10. The Morgan fingerprint density at radius 2 is 0.621 bits per heavy atom. The van der Waals surface area contributed by atoms with Gasteiger partial charge in [0.25, 0.3) is 0 Å². The molecule has 0 aliphatic heterocycles. The topological polar surface area (TPSA) is 0 Å². The summed E-state index contributed by atoms with van der Waals surface area (Å²) in [6.45, 7) is 0. The maximum absolute atomic E-state index is 13.5. The highest BCUT2D eigenvalue weighted by Crippen LogP contribution is 2.26. The molecule has 0 bridgehead atoms. The predicted octanol–water partition coefficient (Wildman–Crippen LogP) is 6.38. The Balaban J connectivity index is 1.84. The van der Waals surface area contributed by atoms with Gasteiger partial charge < -0.3 is 0 Å². The molecule has 0 saturated heterocycles. The molecule has 0 aromatic heterocycles. The molecule has 0 aliphatic carbocycles. The van der Waals surface area contributed by atoms with Gasteiger partial charge in [0, 0.05) is 11.1 Å². The average molecular weight is 450 g/mol. The molecule has 0 radical (unpaired) electrons. The fraction of sp³-hybridized carbons (Fsp3) is 0.333. The minimum atomic E-state index is -2.24. The molecule has 0 aliphatic rings. The molecule has 2 aromatic carbocycles. The number of rotatable bonds is 8. The summed E-state index contributed by atoms with van der Waals surface area (Å²) in [5.74, 6) is -19.8. The van der Waals surface area contributed by atoms with Gasteiger partial charge in [0.2, 0.25) is 11.6 Å². The van der Waals surface area contributed by atoms with Crippen LogP contribution in [0.2, 0.25) is 0 Å². The van der Waals surface area contributed by atoms with E-state index in [0.717, 1.165) is 11.8 Å². The average Bonchev–Trinajstić information content (AvgIpc) is 2.71. The number of hydrogen-bond donors (Lipinski definition) is 0. The number of thioether (sulfide) groups is 1. The minimum absolute atomic E-state index is 0.0333. The molecule has 0 unspecified atom stereocenters. The summed E-state index contributed by atoms with van der Waals surface area (Å²) in [6.07, 6.45) is -0.802. The summed E-state index contributed by atoms with van der Waals surface area (Å²) < 4.78 is 132. The van der Waals surface area contributed by atoms with E-state index in [1.165, 1.54) is 0 Å². The molecule has 160 valence electrons. The Labute approximate surface area is 162 Å². The lowest BCUT2D eigenvalue weighted by Gasteiger charge is -2.09. The molecule has 0 fully saturated rings. The van der Waals surface area contributed by atoms with Gasteiger partial charge in [-0.05, 0) is 37.2 Å². The Hall–Kier alpha value is -1.91. The Kier molecular flexibility index (Phi) is 7.84. The first-order valence-corrected chi connectivity index (χ1v) is 9.33. The summed E-state index contributed by atoms with van der Waals surface area (Å²) in [5, 5.41) is 0. The van der Waals surface area contributed by atoms with Gasteiger partial charge in [-0.15, -0.1) is 0 Å². The van der Waals surface area contributed by atoms with Crippen molar-refractivity contribution in [1.82, 2.24) is 0 Å². The van der Waals surface area contributed by atoms with E-state index < -0.39 is 82.1 Å². The first-order valence-electron chi connectivity index (χ1n) is 8.17. The lowest BCUT2D eigenvalue weighted by atomic mass is 10.1. The standard InChI is InChI=1S/C18H12F10S/c19-9-7(10(20)14(24)17(27)13(9)23)3-1-5-29-6-2-4-8-11(21)15(25)18(28)16(26)12(8)22/h1-6H2. The van der Waals surface area contributed by atoms with Crippen LogP contribution in [-0.2, 0) is 12.8 Å². The highest BCUT2D eigenvalue weighted by molar-refractivity contribution is 7.99. The van der Waals surface area contributed by atoms with Gasteiger partial charge in [0.15, 0.2) is 46.5 Å². The largest absolute Gasteiger partial charge is 0.203 e. The summed E-state index contributed by atoms with van der Waals surface area (Å²) in [6, 6.07) is 0. The van der Waals surface area contributed by atoms with Crippen LogP contribution in [0.4, 0.5) is 43.9 Å². The molecular formula is C18H12F10S. The molecule has 0 heterocycles. The highest BCUT2D eigenvalue weighted by atomic mass is 32.2. The molecule has 0 nitrogen and oxygen atoms in total. The van der Waals surface area contributed by atoms with E-state index >= 15 is 0 Å². The molecular weight excluding hydrogens is 438 g/mol. The first-order chi connectivity index (χ1) is 13.6. The third kappa shape index (κ3) is 4.81. The maximum atomic E-state index is 13.5. The zero-order chi connectivity index (χ0) is 21.9. The lowest BCUT2D eigenvalue weighted by molar-refractivity contribution is 0.369. The van der Waals surface area contributed by atoms with Crippen LogP contribution in [0.5, 0.6) is 0 Å². The van der Waals surface area contributed by atoms with Crippen molar-refractivity contribution in [1.29, 1.82) is 0 Å². The van der Waals surface area contributed by atoms with Gasteiger partial charge in [-0.2, -0.15) is 11.8 Å². The van der Waals surface area contributed by atoms with E-state index in [0.29, 0.717) is 0 Å². The molecule has 0 N–H and O–H groups in total. The third-order valence-electron chi connectivity index (χ3n) is 4.03. The molecule has 0 spiro atoms. The normalized spacial score (nSPS) is 11.4. The van der Waals surface area contributed by atoms with Crippen LogP contribution in [0.25, 0.3) is 0 Å². The van der Waals surface area contributed by atoms with Crippen molar-refractivity contribution < 1.29 is 43.9 Å². The summed E-state index contributed by atoms with van der Waals surface area (Å²) in [5.41, 5.74) is -1.88. The molecule has 0 saturated carbocycles. The fourth-order valence-electron chi connectivity index (χ4n) is 2.54. The van der Waals surface area contributed by atoms with Crippen LogP contribution in [0.1, 0.15) is 24.0 Å². The molecule has 2 rings (SSSR count). The van der Waals surface area contributed by atoms with E-state index in [-0.39, 0.29) is 24.3 Å². The minimum Gasteiger partial charge on any atom is -0.203 e. The molecule has 0 amide bonds. The second-order valence-corrected chi connectivity index (χ2v) is 7.14. The molecule has 11 heteroatoms. The summed E-state index contributed by atoms with van der Waals surface area (Å²) in [7, 11) is 0. The van der Waals surface area contributed by atoms with Crippen molar-refractivity contribution in [3.05, 3.63) is 69.3 Å². The Morgan fingerprint density at radius 3 is 0.897 bits per heavy atom. The van der Waals surface area contributed by atoms with Crippen molar-refractivity contribution in [3.63, 3.8) is 0 Å². The number of benzene rings is 2. The van der Waals surface area contributed by atoms with Crippen LogP contribution in [0.3, 0.4) is 0 Å². The van der Waals surface area contributed by atoms with Crippen LogP contribution < -0.4 is 0 Å². The maximum Gasteiger partial charge on any atom is 0.200 e.